The van der Waals surface area contributed by atoms with Crippen molar-refractivity contribution in [1.82, 2.24) is 0 Å². The van der Waals surface area contributed by atoms with Gasteiger partial charge in [-0.25, -0.2) is 4.79 Å². The minimum Gasteiger partial charge on any atom is -0.452 e. The summed E-state index contributed by atoms with van der Waals surface area (Å²) in [5, 5.41) is 13.6. The normalized spacial score (nSPS) is 10.6. The number of nitrogens with one attached hydrogen (secondary N) is 1. The van der Waals surface area contributed by atoms with E-state index in [1.165, 1.54) is 24.3 Å². The Morgan fingerprint density at radius 3 is 2.68 bits per heavy atom. The molecule has 0 fully saturated rings. The molecule has 8 nitrogen and oxygen atoms in total. The zero-order valence-corrected chi connectivity index (χ0v) is 13.9. The third-order valence-electron chi connectivity index (χ3n) is 2.73. The highest BCUT2D eigenvalue weighted by Gasteiger charge is 2.11. The molecule has 25 heavy (non-hydrogen) atoms. The van der Waals surface area contributed by atoms with Gasteiger partial charge in [0.25, 0.3) is 5.91 Å². The summed E-state index contributed by atoms with van der Waals surface area (Å²) in [6.07, 6.45) is 2.16. The largest absolute Gasteiger partial charge is 0.452 e. The molecule has 2 rings (SSSR count). The Hall–Kier alpha value is -2.84. The molecule has 1 aromatic carbocycles. The Morgan fingerprint density at radius 1 is 1.28 bits per heavy atom. The van der Waals surface area contributed by atoms with E-state index in [2.05, 4.69) is 5.32 Å². The zero-order chi connectivity index (χ0) is 18.4. The first-order valence-corrected chi connectivity index (χ1v) is 7.44. The first kappa shape index (κ1) is 18.5. The molecule has 0 aliphatic carbocycles. The second kappa shape index (κ2) is 8.32. The minimum absolute atomic E-state index is 0.0982. The number of carbonyl (C=O) groups excluding carboxylic acids is 2. The lowest BCUT2D eigenvalue weighted by atomic mass is 10.3. The Bertz CT molecular complexity index is 846. The standard InChI is InChI=1S/C15H10Cl2N2O6/c16-9-1-4-12(11(17)7-9)18-13(20)8-24-15(21)6-3-10-2-5-14(25-10)19(22)23/h1-7H,8H2,(H,18,20)/b6-3+. The molecular weight excluding hydrogens is 375 g/mol. The number of amides is 1. The summed E-state index contributed by atoms with van der Waals surface area (Å²) in [5.41, 5.74) is 0.325. The van der Waals surface area contributed by atoms with Gasteiger partial charge in [-0.1, -0.05) is 23.2 Å². The van der Waals surface area contributed by atoms with Crippen molar-refractivity contribution in [1.29, 1.82) is 0 Å². The predicted octanol–water partition coefficient (Wildman–Crippen LogP) is 3.69. The Kier molecular flexibility index (Phi) is 6.15. The monoisotopic (exact) mass is 384 g/mol. The van der Waals surface area contributed by atoms with Crippen molar-refractivity contribution in [2.45, 2.75) is 0 Å². The number of rotatable bonds is 6. The summed E-state index contributed by atoms with van der Waals surface area (Å²) in [7, 11) is 0. The number of esters is 1. The van der Waals surface area contributed by atoms with Gasteiger partial charge in [-0.15, -0.1) is 0 Å². The van der Waals surface area contributed by atoms with Crippen LogP contribution in [0.3, 0.4) is 0 Å². The SMILES string of the molecule is O=C(COC(=O)/C=C/c1ccc([N+](=O)[O-])o1)Nc1ccc(Cl)cc1Cl. The summed E-state index contributed by atoms with van der Waals surface area (Å²) in [6, 6.07) is 6.97. The first-order valence-electron chi connectivity index (χ1n) is 6.69. The lowest BCUT2D eigenvalue weighted by Gasteiger charge is -2.07. The smallest absolute Gasteiger partial charge is 0.433 e. The van der Waals surface area contributed by atoms with Crippen molar-refractivity contribution in [3.8, 4) is 0 Å². The number of hydrogen-bond donors (Lipinski definition) is 1. The maximum atomic E-state index is 11.7. The molecule has 2 aromatic rings. The van der Waals surface area contributed by atoms with E-state index in [0.29, 0.717) is 10.7 Å². The second-order valence-electron chi connectivity index (χ2n) is 4.55. The number of benzene rings is 1. The van der Waals surface area contributed by atoms with E-state index in [4.69, 9.17) is 32.4 Å². The van der Waals surface area contributed by atoms with Crippen molar-refractivity contribution in [3.63, 3.8) is 0 Å². The van der Waals surface area contributed by atoms with Gasteiger partial charge < -0.3 is 14.5 Å². The summed E-state index contributed by atoms with van der Waals surface area (Å²) in [5.74, 6) is -1.77. The van der Waals surface area contributed by atoms with Gasteiger partial charge in [0.15, 0.2) is 6.61 Å². The van der Waals surface area contributed by atoms with Crippen LogP contribution in [0.15, 0.2) is 40.8 Å². The average Bonchev–Trinajstić information content (AvgIpc) is 3.03. The molecule has 1 aromatic heterocycles. The van der Waals surface area contributed by atoms with E-state index in [1.54, 1.807) is 6.07 Å². The Balaban J connectivity index is 1.83. The van der Waals surface area contributed by atoms with E-state index in [9.17, 15) is 19.7 Å². The quantitative estimate of drug-likeness (QED) is 0.351. The maximum Gasteiger partial charge on any atom is 0.433 e. The highest BCUT2D eigenvalue weighted by Crippen LogP contribution is 2.25. The molecule has 0 atom stereocenters. The molecule has 1 heterocycles. The van der Waals surface area contributed by atoms with Crippen molar-refractivity contribution in [3.05, 3.63) is 62.3 Å². The highest BCUT2D eigenvalue weighted by atomic mass is 35.5. The number of anilines is 1. The van der Waals surface area contributed by atoms with Crippen LogP contribution in [0.2, 0.25) is 10.0 Å². The summed E-state index contributed by atoms with van der Waals surface area (Å²) in [6.45, 7) is -0.541. The van der Waals surface area contributed by atoms with Gasteiger partial charge in [-0.3, -0.25) is 14.9 Å². The molecule has 1 N–H and O–H groups in total. The van der Waals surface area contributed by atoms with E-state index in [1.807, 2.05) is 0 Å². The number of furan rings is 1. The van der Waals surface area contributed by atoms with E-state index < -0.39 is 29.3 Å². The predicted molar refractivity (Wildman–Crippen MR) is 90.4 cm³/mol. The topological polar surface area (TPSA) is 112 Å². The molecule has 0 saturated heterocycles. The fourth-order valence-electron chi connectivity index (χ4n) is 1.64. The van der Waals surface area contributed by atoms with Crippen molar-refractivity contribution < 1.29 is 23.7 Å². The van der Waals surface area contributed by atoms with Crippen LogP contribution in [-0.4, -0.2) is 23.4 Å². The summed E-state index contributed by atoms with van der Waals surface area (Å²) >= 11 is 11.6. The van der Waals surface area contributed by atoms with Gasteiger partial charge in [-0.2, -0.15) is 0 Å². The van der Waals surface area contributed by atoms with E-state index in [-0.39, 0.29) is 10.8 Å². The molecule has 10 heteroatoms. The molecule has 0 aliphatic rings. The van der Waals surface area contributed by atoms with Crippen molar-refractivity contribution >= 4 is 52.7 Å². The number of carbonyl (C=O) groups is 2. The fourth-order valence-corrected chi connectivity index (χ4v) is 2.10. The molecular formula is C15H10Cl2N2O6. The molecule has 1 amide bonds. The number of ether oxygens (including phenoxy) is 1. The van der Waals surface area contributed by atoms with Gasteiger partial charge in [0.1, 0.15) is 10.7 Å². The second-order valence-corrected chi connectivity index (χ2v) is 5.39. The van der Waals surface area contributed by atoms with Crippen LogP contribution in [0.25, 0.3) is 6.08 Å². The van der Waals surface area contributed by atoms with Crippen LogP contribution in [0.1, 0.15) is 5.76 Å². The number of nitro groups is 1. The third kappa shape index (κ3) is 5.63. The van der Waals surface area contributed by atoms with Crippen molar-refractivity contribution in [2.75, 3.05) is 11.9 Å². The van der Waals surface area contributed by atoms with Crippen LogP contribution >= 0.6 is 23.2 Å². The third-order valence-corrected chi connectivity index (χ3v) is 3.27. The van der Waals surface area contributed by atoms with Crippen LogP contribution in [0, 0.1) is 10.1 Å². The Morgan fingerprint density at radius 2 is 2.04 bits per heavy atom. The highest BCUT2D eigenvalue weighted by molar-refractivity contribution is 6.36. The van der Waals surface area contributed by atoms with Crippen molar-refractivity contribution in [2.24, 2.45) is 0 Å². The molecule has 0 aliphatic heterocycles. The lowest BCUT2D eigenvalue weighted by Crippen LogP contribution is -2.20. The minimum atomic E-state index is -0.823. The molecule has 130 valence electrons. The van der Waals surface area contributed by atoms with Crippen LogP contribution < -0.4 is 5.32 Å². The van der Waals surface area contributed by atoms with Gasteiger partial charge in [0.05, 0.1) is 16.8 Å². The number of hydrogen-bond acceptors (Lipinski definition) is 6. The fraction of sp³-hybridized carbons (Fsp3) is 0.0667. The number of nitrogens with zero attached hydrogens (tertiary/aromatic N) is 1. The first-order chi connectivity index (χ1) is 11.8. The molecule has 0 unspecified atom stereocenters. The average molecular weight is 385 g/mol. The van der Waals surface area contributed by atoms with E-state index in [0.717, 1.165) is 12.1 Å². The summed E-state index contributed by atoms with van der Waals surface area (Å²) < 4.78 is 9.56. The van der Waals surface area contributed by atoms with Gasteiger partial charge in [0, 0.05) is 11.1 Å². The molecule has 0 spiro atoms. The summed E-state index contributed by atoms with van der Waals surface area (Å²) in [4.78, 5) is 33.0. The van der Waals surface area contributed by atoms with E-state index >= 15 is 0 Å². The lowest BCUT2D eigenvalue weighted by molar-refractivity contribution is -0.402. The zero-order valence-electron chi connectivity index (χ0n) is 12.4. The van der Waals surface area contributed by atoms with Crippen LogP contribution in [0.4, 0.5) is 11.6 Å². The number of halogens is 2. The Labute approximate surface area is 151 Å². The molecule has 0 radical (unpaired) electrons. The van der Waals surface area contributed by atoms with Gasteiger partial charge >= 0.3 is 11.9 Å². The van der Waals surface area contributed by atoms with Crippen LogP contribution in [0.5, 0.6) is 0 Å². The maximum absolute atomic E-state index is 11.7. The van der Waals surface area contributed by atoms with Crippen LogP contribution in [-0.2, 0) is 14.3 Å². The molecule has 0 saturated carbocycles. The molecule has 0 bridgehead atoms. The van der Waals surface area contributed by atoms with Gasteiger partial charge in [0.2, 0.25) is 0 Å². The van der Waals surface area contributed by atoms with Gasteiger partial charge in [-0.05, 0) is 30.3 Å².